The maximum Gasteiger partial charge on any atom is 0.279 e. The lowest BCUT2D eigenvalue weighted by Gasteiger charge is -2.17. The van der Waals surface area contributed by atoms with Gasteiger partial charge in [0, 0.05) is 27.2 Å². The molecule has 0 bridgehead atoms. The van der Waals surface area contributed by atoms with Crippen LogP contribution < -0.4 is 10.0 Å². The Labute approximate surface area is 123 Å². The Morgan fingerprint density at radius 3 is 2.50 bits per heavy atom. The minimum Gasteiger partial charge on any atom is -0.382 e. The predicted molar refractivity (Wildman–Crippen MR) is 80.0 cm³/mol. The predicted octanol–water partition coefficient (Wildman–Crippen LogP) is -0.195. The van der Waals surface area contributed by atoms with E-state index < -0.39 is 10.2 Å². The van der Waals surface area contributed by atoms with Gasteiger partial charge in [-0.1, -0.05) is 6.92 Å². The molecule has 0 atom stereocenters. The van der Waals surface area contributed by atoms with E-state index in [4.69, 9.17) is 9.47 Å². The first kappa shape index (κ1) is 19.8. The quantitative estimate of drug-likeness (QED) is 0.435. The fourth-order valence-electron chi connectivity index (χ4n) is 1.45. The van der Waals surface area contributed by atoms with Crippen molar-refractivity contribution < 1.29 is 17.9 Å². The SMILES string of the molecule is CCCNCCCN(C)S(=O)(=O)NCCOCCOC. The molecule has 20 heavy (non-hydrogen) atoms. The van der Waals surface area contributed by atoms with Crippen LogP contribution in [0.15, 0.2) is 0 Å². The zero-order valence-electron chi connectivity index (χ0n) is 12.9. The molecule has 2 N–H and O–H groups in total. The van der Waals surface area contributed by atoms with Crippen LogP contribution in [-0.2, 0) is 19.7 Å². The maximum atomic E-state index is 11.9. The van der Waals surface area contributed by atoms with Gasteiger partial charge in [0.2, 0.25) is 0 Å². The van der Waals surface area contributed by atoms with Gasteiger partial charge in [0.15, 0.2) is 0 Å². The molecule has 8 heteroatoms. The Balaban J connectivity index is 3.69. The summed E-state index contributed by atoms with van der Waals surface area (Å²) in [4.78, 5) is 0. The second-order valence-electron chi connectivity index (χ2n) is 4.43. The lowest BCUT2D eigenvalue weighted by atomic mass is 10.4. The summed E-state index contributed by atoms with van der Waals surface area (Å²) in [5.74, 6) is 0. The van der Waals surface area contributed by atoms with Crippen molar-refractivity contribution in [3.05, 3.63) is 0 Å². The lowest BCUT2D eigenvalue weighted by molar-refractivity contribution is 0.0735. The van der Waals surface area contributed by atoms with Gasteiger partial charge in [-0.15, -0.1) is 0 Å². The summed E-state index contributed by atoms with van der Waals surface area (Å²) in [6.07, 6.45) is 1.88. The van der Waals surface area contributed by atoms with Crippen molar-refractivity contribution in [3.63, 3.8) is 0 Å². The summed E-state index contributed by atoms with van der Waals surface area (Å²) in [6.45, 7) is 5.98. The van der Waals surface area contributed by atoms with E-state index in [0.29, 0.717) is 26.4 Å². The molecule has 0 unspecified atom stereocenters. The van der Waals surface area contributed by atoms with E-state index in [1.165, 1.54) is 4.31 Å². The Kier molecular flexibility index (Phi) is 12.3. The van der Waals surface area contributed by atoms with Crippen LogP contribution in [0.3, 0.4) is 0 Å². The van der Waals surface area contributed by atoms with Gasteiger partial charge >= 0.3 is 0 Å². The molecule has 0 aliphatic rings. The van der Waals surface area contributed by atoms with Crippen LogP contribution in [-0.4, -0.2) is 72.9 Å². The van der Waals surface area contributed by atoms with Gasteiger partial charge in [0.1, 0.15) is 0 Å². The van der Waals surface area contributed by atoms with E-state index in [1.807, 2.05) is 0 Å². The van der Waals surface area contributed by atoms with E-state index in [9.17, 15) is 8.42 Å². The van der Waals surface area contributed by atoms with Gasteiger partial charge in [0.25, 0.3) is 10.2 Å². The molecular weight excluding hydrogens is 282 g/mol. The van der Waals surface area contributed by atoms with Crippen molar-refractivity contribution in [2.75, 3.05) is 60.2 Å². The minimum atomic E-state index is -3.40. The molecule has 0 aromatic carbocycles. The third-order valence-electron chi connectivity index (χ3n) is 2.63. The number of nitrogens with zero attached hydrogens (tertiary/aromatic N) is 1. The van der Waals surface area contributed by atoms with E-state index in [-0.39, 0.29) is 6.54 Å². The highest BCUT2D eigenvalue weighted by molar-refractivity contribution is 7.87. The maximum absolute atomic E-state index is 11.9. The second kappa shape index (κ2) is 12.5. The van der Waals surface area contributed by atoms with Crippen LogP contribution >= 0.6 is 0 Å². The minimum absolute atomic E-state index is 0.268. The molecule has 0 heterocycles. The van der Waals surface area contributed by atoms with Crippen LogP contribution in [0.25, 0.3) is 0 Å². The molecule has 0 radical (unpaired) electrons. The monoisotopic (exact) mass is 311 g/mol. The van der Waals surface area contributed by atoms with Crippen molar-refractivity contribution in [1.29, 1.82) is 0 Å². The molecule has 122 valence electrons. The standard InChI is InChI=1S/C12H29N3O4S/c1-4-6-13-7-5-9-15(2)20(16,17)14-8-10-19-12-11-18-3/h13-14H,4-12H2,1-3H3. The Morgan fingerprint density at radius 1 is 1.10 bits per heavy atom. The van der Waals surface area contributed by atoms with Crippen LogP contribution in [0, 0.1) is 0 Å². The van der Waals surface area contributed by atoms with Gasteiger partial charge in [0.05, 0.1) is 19.8 Å². The fraction of sp³-hybridized carbons (Fsp3) is 1.00. The highest BCUT2D eigenvalue weighted by Gasteiger charge is 2.15. The molecule has 0 rings (SSSR count). The summed E-state index contributed by atoms with van der Waals surface area (Å²) in [5.41, 5.74) is 0. The number of methoxy groups -OCH3 is 1. The largest absolute Gasteiger partial charge is 0.382 e. The third kappa shape index (κ3) is 10.5. The summed E-state index contributed by atoms with van der Waals surface area (Å²) < 4.78 is 37.6. The molecule has 0 amide bonds. The van der Waals surface area contributed by atoms with Crippen LogP contribution in [0.1, 0.15) is 19.8 Å². The van der Waals surface area contributed by atoms with E-state index in [2.05, 4.69) is 17.0 Å². The molecule has 0 aliphatic heterocycles. The smallest absolute Gasteiger partial charge is 0.279 e. The van der Waals surface area contributed by atoms with Crippen LogP contribution in [0.2, 0.25) is 0 Å². The van der Waals surface area contributed by atoms with Crippen LogP contribution in [0.4, 0.5) is 0 Å². The van der Waals surface area contributed by atoms with E-state index >= 15 is 0 Å². The van der Waals surface area contributed by atoms with Gasteiger partial charge < -0.3 is 14.8 Å². The molecule has 0 saturated heterocycles. The highest BCUT2D eigenvalue weighted by atomic mass is 32.2. The molecule has 7 nitrogen and oxygen atoms in total. The van der Waals surface area contributed by atoms with E-state index in [0.717, 1.165) is 25.9 Å². The molecule has 0 saturated carbocycles. The first-order valence-corrected chi connectivity index (χ1v) is 8.47. The lowest BCUT2D eigenvalue weighted by Crippen LogP contribution is -2.40. The van der Waals surface area contributed by atoms with Gasteiger partial charge in [-0.2, -0.15) is 17.4 Å². The number of ether oxygens (including phenoxy) is 2. The molecule has 0 aromatic rings. The topological polar surface area (TPSA) is 79.9 Å². The van der Waals surface area contributed by atoms with Crippen molar-refractivity contribution in [3.8, 4) is 0 Å². The number of nitrogens with one attached hydrogen (secondary N) is 2. The van der Waals surface area contributed by atoms with Crippen molar-refractivity contribution in [2.45, 2.75) is 19.8 Å². The van der Waals surface area contributed by atoms with Gasteiger partial charge in [-0.05, 0) is 25.9 Å². The zero-order valence-corrected chi connectivity index (χ0v) is 13.7. The Morgan fingerprint density at radius 2 is 1.85 bits per heavy atom. The number of hydrogen-bond acceptors (Lipinski definition) is 5. The Bertz CT molecular complexity index is 312. The van der Waals surface area contributed by atoms with Crippen molar-refractivity contribution >= 4 is 10.2 Å². The molecule has 0 fully saturated rings. The highest BCUT2D eigenvalue weighted by Crippen LogP contribution is 1.95. The molecular formula is C12H29N3O4S. The van der Waals surface area contributed by atoms with E-state index in [1.54, 1.807) is 14.2 Å². The summed E-state index contributed by atoms with van der Waals surface area (Å²) >= 11 is 0. The van der Waals surface area contributed by atoms with Crippen molar-refractivity contribution in [2.24, 2.45) is 0 Å². The average molecular weight is 311 g/mol. The molecule has 0 aliphatic carbocycles. The summed E-state index contributed by atoms with van der Waals surface area (Å²) in [6, 6.07) is 0. The van der Waals surface area contributed by atoms with Crippen LogP contribution in [0.5, 0.6) is 0 Å². The number of rotatable bonds is 14. The molecule has 0 aromatic heterocycles. The second-order valence-corrected chi connectivity index (χ2v) is 6.29. The first-order valence-electron chi connectivity index (χ1n) is 7.03. The van der Waals surface area contributed by atoms with Crippen molar-refractivity contribution in [1.82, 2.24) is 14.3 Å². The van der Waals surface area contributed by atoms with Gasteiger partial charge in [-0.3, -0.25) is 0 Å². The number of hydrogen-bond donors (Lipinski definition) is 2. The zero-order chi connectivity index (χ0) is 15.3. The summed E-state index contributed by atoms with van der Waals surface area (Å²) in [7, 11) is -0.231. The molecule has 0 spiro atoms. The normalized spacial score (nSPS) is 12.2. The Hall–Kier alpha value is -0.250. The van der Waals surface area contributed by atoms with Gasteiger partial charge in [-0.25, -0.2) is 0 Å². The summed E-state index contributed by atoms with van der Waals surface area (Å²) in [5, 5.41) is 3.24. The fourth-order valence-corrected chi connectivity index (χ4v) is 2.38. The third-order valence-corrected chi connectivity index (χ3v) is 4.20. The average Bonchev–Trinajstić information content (AvgIpc) is 2.42. The first-order chi connectivity index (χ1) is 9.54.